The van der Waals surface area contributed by atoms with E-state index < -0.39 is 70.6 Å². The van der Waals surface area contributed by atoms with Gasteiger partial charge in [0.05, 0.1) is 41.0 Å². The molecular weight excluding hydrogens is 1050 g/mol. The van der Waals surface area contributed by atoms with Gasteiger partial charge in [-0.05, 0) is 92.8 Å². The summed E-state index contributed by atoms with van der Waals surface area (Å²) in [6, 6.07) is 9.79. The minimum Gasteiger partial charge on any atom is -0.508 e. The molecule has 3 amide bonds. The monoisotopic (exact) mass is 1110 g/mol. The van der Waals surface area contributed by atoms with Crippen LogP contribution in [0, 0.1) is 41.0 Å². The van der Waals surface area contributed by atoms with Crippen molar-refractivity contribution < 1.29 is 51.6 Å². The lowest BCUT2D eigenvalue weighted by Crippen LogP contribution is -2.58. The number of carbonyl (C=O) groups excluding carboxylic acids is 3. The van der Waals surface area contributed by atoms with Crippen molar-refractivity contribution in [3.8, 4) is 46.5 Å². The maximum atomic E-state index is 17.1. The van der Waals surface area contributed by atoms with E-state index in [1.165, 1.54) is 53.7 Å². The van der Waals surface area contributed by atoms with Crippen LogP contribution >= 0.6 is 0 Å². The number of phenolic OH excluding ortho intramolecular Hbond substituents is 1. The van der Waals surface area contributed by atoms with Crippen molar-refractivity contribution in [2.45, 2.75) is 115 Å². The molecule has 2 unspecified atom stereocenters. The summed E-state index contributed by atoms with van der Waals surface area (Å²) in [6.07, 6.45) is 12.0. The SMILES string of the molecule is C#Cc1c(F)ccc2cc(O)cc(-c3ncc4c(N5CC6CCC(C5)N6)nc(OC[C@@H]5CCCN5CCCOCCC(=O)N[C@H](C(=O)N5C[C@H](O)C[C@H]5C(=O)N[C@@H](C)c5ccc(-c6c(F)cccc6F)cn5)C(C)(C)C)nc4c3F)c12. The van der Waals surface area contributed by atoms with Crippen molar-refractivity contribution in [2.75, 3.05) is 57.4 Å². The van der Waals surface area contributed by atoms with Crippen molar-refractivity contribution in [2.24, 2.45) is 5.41 Å². The lowest BCUT2D eigenvalue weighted by atomic mass is 9.85. The van der Waals surface area contributed by atoms with Gasteiger partial charge in [-0.1, -0.05) is 44.9 Å². The second-order valence-corrected chi connectivity index (χ2v) is 22.6. The number of amides is 3. The standard InChI is InChI=1S/C60H66F4N10O7/c1-6-41-44(61)17-13-34-24-39(75)25-42(50(34)41)53-52(64)54-43(28-66-53)56(73-29-36-15-16-37(30-73)68-36)71-59(70-54)81-32-38-10-8-20-72(38)21-9-22-80-23-19-49(77)69-55(60(3,4)5)58(79)74-31-40(76)26-48(74)57(78)67-33(2)47-18-14-35(27-65-47)51-45(62)11-7-12-46(51)63/h1,7,11-14,17-18,24-25,27-28,33,36-38,40,48,55,68,75-76H,8-10,15-16,19-23,26,29-32H2,2-5H3,(H,67,78)(H,69,77)/t33-,36?,37?,38-,40+,48-,55+/m0/s1. The number of hydrogen-bond donors (Lipinski definition) is 5. The van der Waals surface area contributed by atoms with Gasteiger partial charge in [0.15, 0.2) is 5.82 Å². The second kappa shape index (κ2) is 23.9. The molecule has 7 atom stereocenters. The molecule has 4 fully saturated rings. The van der Waals surface area contributed by atoms with E-state index in [9.17, 15) is 33.4 Å². The second-order valence-electron chi connectivity index (χ2n) is 22.6. The van der Waals surface area contributed by atoms with Gasteiger partial charge in [0.2, 0.25) is 17.7 Å². The van der Waals surface area contributed by atoms with E-state index in [1.807, 2.05) is 0 Å². The van der Waals surface area contributed by atoms with Crippen LogP contribution in [-0.2, 0) is 19.1 Å². The summed E-state index contributed by atoms with van der Waals surface area (Å²) in [5, 5.41) is 31.8. The summed E-state index contributed by atoms with van der Waals surface area (Å²) in [5.74, 6) is -1.70. The fraction of sp³-hybridized carbons (Fsp3) is 0.450. The summed E-state index contributed by atoms with van der Waals surface area (Å²) in [6.45, 7) is 10.4. The zero-order valence-corrected chi connectivity index (χ0v) is 45.7. The molecule has 17 nitrogen and oxygen atoms in total. The van der Waals surface area contributed by atoms with E-state index in [2.05, 4.69) is 46.6 Å². The minimum atomic E-state index is -1.04. The van der Waals surface area contributed by atoms with Gasteiger partial charge in [0.25, 0.3) is 0 Å². The third-order valence-corrected chi connectivity index (χ3v) is 15.8. The van der Waals surface area contributed by atoms with Gasteiger partial charge < -0.3 is 45.4 Å². The van der Waals surface area contributed by atoms with Gasteiger partial charge in [-0.15, -0.1) is 6.42 Å². The Balaban J connectivity index is 0.732. The molecule has 4 aliphatic heterocycles. The van der Waals surface area contributed by atoms with Crippen molar-refractivity contribution in [3.05, 3.63) is 102 Å². The number of piperazine rings is 1. The number of aliphatic hydroxyl groups is 1. The number of likely N-dealkylation sites (tertiary alicyclic amines) is 2. The number of terminal acetylenes is 1. The highest BCUT2D eigenvalue weighted by Gasteiger charge is 2.45. The molecule has 0 saturated carbocycles. The van der Waals surface area contributed by atoms with Crippen LogP contribution in [0.25, 0.3) is 44.1 Å². The van der Waals surface area contributed by atoms with Crippen molar-refractivity contribution in [1.82, 2.24) is 45.7 Å². The van der Waals surface area contributed by atoms with E-state index in [0.29, 0.717) is 54.9 Å². The number of benzene rings is 3. The first-order valence-electron chi connectivity index (χ1n) is 27.6. The number of pyridine rings is 2. The lowest BCUT2D eigenvalue weighted by Gasteiger charge is -2.35. The van der Waals surface area contributed by atoms with Gasteiger partial charge in [0, 0.05) is 92.7 Å². The molecule has 6 aromatic rings. The zero-order chi connectivity index (χ0) is 57.3. The van der Waals surface area contributed by atoms with E-state index in [1.54, 1.807) is 33.8 Å². The number of fused-ring (bicyclic) bond motifs is 4. The van der Waals surface area contributed by atoms with Crippen molar-refractivity contribution >= 4 is 45.2 Å². The molecule has 0 aliphatic carbocycles. The smallest absolute Gasteiger partial charge is 0.319 e. The number of aromatic nitrogens is 4. The van der Waals surface area contributed by atoms with E-state index >= 15 is 8.78 Å². The zero-order valence-electron chi connectivity index (χ0n) is 45.7. The maximum Gasteiger partial charge on any atom is 0.319 e. The highest BCUT2D eigenvalue weighted by Crippen LogP contribution is 2.40. The van der Waals surface area contributed by atoms with Crippen LogP contribution < -0.4 is 25.6 Å². The Morgan fingerprint density at radius 2 is 1.69 bits per heavy atom. The van der Waals surface area contributed by atoms with Gasteiger partial charge in [-0.25, -0.2) is 17.6 Å². The molecular formula is C60H66F4N10O7. The fourth-order valence-electron chi connectivity index (χ4n) is 11.7. The summed E-state index contributed by atoms with van der Waals surface area (Å²) in [4.78, 5) is 65.4. The number of hydrogen-bond acceptors (Lipinski definition) is 14. The third-order valence-electron chi connectivity index (χ3n) is 15.8. The van der Waals surface area contributed by atoms with Crippen molar-refractivity contribution in [3.63, 3.8) is 0 Å². The van der Waals surface area contributed by atoms with Gasteiger partial charge in [0.1, 0.15) is 58.9 Å². The van der Waals surface area contributed by atoms with Crippen molar-refractivity contribution in [1.29, 1.82) is 0 Å². The largest absolute Gasteiger partial charge is 0.508 e. The van der Waals surface area contributed by atoms with E-state index in [-0.39, 0.29) is 101 Å². The Morgan fingerprint density at radius 3 is 2.41 bits per heavy atom. The Labute approximate surface area is 466 Å². The van der Waals surface area contributed by atoms with E-state index in [4.69, 9.17) is 20.9 Å². The summed E-state index contributed by atoms with van der Waals surface area (Å²) < 4.78 is 73.3. The first kappa shape index (κ1) is 56.8. The first-order valence-corrected chi connectivity index (χ1v) is 27.6. The molecule has 10 rings (SSSR count). The molecule has 3 aromatic carbocycles. The first-order chi connectivity index (χ1) is 38.8. The van der Waals surface area contributed by atoms with Gasteiger partial charge >= 0.3 is 6.01 Å². The highest BCUT2D eigenvalue weighted by atomic mass is 19.1. The summed E-state index contributed by atoms with van der Waals surface area (Å²) in [5.41, 5.74) is -0.524. The number of anilines is 1. The number of aliphatic hydroxyl groups excluding tert-OH is 1. The number of β-amino-alcohol motifs (C(OH)–C–C–N with tert-alkyl or cyclic N) is 1. The van der Waals surface area contributed by atoms with Gasteiger partial charge in [-0.2, -0.15) is 9.97 Å². The quantitative estimate of drug-likeness (QED) is 0.0331. The molecule has 3 aromatic heterocycles. The number of halogens is 4. The maximum absolute atomic E-state index is 17.1. The normalized spacial score (nSPS) is 20.9. The van der Waals surface area contributed by atoms with Crippen LogP contribution in [0.1, 0.15) is 89.9 Å². The number of ether oxygens (including phenoxy) is 2. The van der Waals surface area contributed by atoms with Crippen LogP contribution in [0.15, 0.2) is 67.0 Å². The number of rotatable bonds is 18. The molecule has 5 N–H and O–H groups in total. The predicted octanol–water partition coefficient (Wildman–Crippen LogP) is 7.10. The minimum absolute atomic E-state index is 0.00395. The predicted molar refractivity (Wildman–Crippen MR) is 296 cm³/mol. The third kappa shape index (κ3) is 12.2. The van der Waals surface area contributed by atoms with Crippen LogP contribution in [0.4, 0.5) is 23.4 Å². The molecule has 21 heteroatoms. The molecule has 2 bridgehead atoms. The van der Waals surface area contributed by atoms with Crippen LogP contribution in [0.5, 0.6) is 11.8 Å². The molecule has 7 heterocycles. The molecule has 81 heavy (non-hydrogen) atoms. The topological polar surface area (TPSA) is 208 Å². The molecule has 4 aliphatic rings. The fourth-order valence-corrected chi connectivity index (χ4v) is 11.7. The van der Waals surface area contributed by atoms with Crippen LogP contribution in [0.3, 0.4) is 0 Å². The number of phenols is 1. The van der Waals surface area contributed by atoms with Gasteiger partial charge in [-0.3, -0.25) is 29.3 Å². The average molecular weight is 1120 g/mol. The molecule has 4 saturated heterocycles. The number of nitrogens with zero attached hydrogens (tertiary/aromatic N) is 7. The summed E-state index contributed by atoms with van der Waals surface area (Å²) in [7, 11) is 0. The lowest BCUT2D eigenvalue weighted by molar-refractivity contribution is -0.144. The molecule has 426 valence electrons. The van der Waals surface area contributed by atoms with Crippen LogP contribution in [0.2, 0.25) is 0 Å². The number of carbonyl (C=O) groups is 3. The Kier molecular flexibility index (Phi) is 16.7. The highest BCUT2D eigenvalue weighted by molar-refractivity contribution is 6.03. The molecule has 0 spiro atoms. The molecule has 0 radical (unpaired) electrons. The Bertz CT molecular complexity index is 3360. The number of aromatic hydroxyl groups is 1. The van der Waals surface area contributed by atoms with Crippen LogP contribution in [-0.4, -0.2) is 147 Å². The Hall–Kier alpha value is -7.51. The Morgan fingerprint density at radius 1 is 0.926 bits per heavy atom. The average Bonchev–Trinajstić information content (AvgIpc) is 4.13. The van der Waals surface area contributed by atoms with E-state index in [0.717, 1.165) is 44.4 Å². The number of nitrogens with one attached hydrogen (secondary N) is 3. The summed E-state index contributed by atoms with van der Waals surface area (Å²) >= 11 is 0.